The average Bonchev–Trinajstić information content (AvgIpc) is 2.95. The number of aliphatic carboxylic acids is 2. The minimum atomic E-state index is -1.44. The van der Waals surface area contributed by atoms with Gasteiger partial charge in [0.15, 0.2) is 0 Å². The van der Waals surface area contributed by atoms with Crippen molar-refractivity contribution in [2.45, 2.75) is 136 Å². The van der Waals surface area contributed by atoms with E-state index in [1.807, 2.05) is 13.8 Å². The van der Waals surface area contributed by atoms with Crippen molar-refractivity contribution >= 4 is 23.3 Å². The number of carboxylic acid groups (broad SMARTS) is 2. The lowest BCUT2D eigenvalue weighted by molar-refractivity contribution is -0.134. The standard InChI is InChI=1S/C35H57N3O5/c1-7-10-11-12-13-14-15-16-17-18-19-20-27(43-6)23-28-29(21-26(36)22-30(28)37)35(8-2)31(33(39)40)24(4)38(9-3)25(5)32(35)34(41)42/h21-22,27H,7-20,23,36-37H2,1-6H3,(H,39,40)(H,41,42). The van der Waals surface area contributed by atoms with Crippen molar-refractivity contribution in [2.24, 2.45) is 0 Å². The molecule has 0 radical (unpaired) electrons. The summed E-state index contributed by atoms with van der Waals surface area (Å²) >= 11 is 0. The van der Waals surface area contributed by atoms with Crippen molar-refractivity contribution in [1.82, 2.24) is 4.90 Å². The molecular weight excluding hydrogens is 542 g/mol. The zero-order valence-electron chi connectivity index (χ0n) is 27.6. The van der Waals surface area contributed by atoms with Crippen molar-refractivity contribution < 1.29 is 24.5 Å². The number of nitrogens with zero attached hydrogens (tertiary/aromatic N) is 1. The summed E-state index contributed by atoms with van der Waals surface area (Å²) in [5.41, 5.74) is 14.6. The fourth-order valence-electron chi connectivity index (χ4n) is 7.12. The lowest BCUT2D eigenvalue weighted by Crippen LogP contribution is -2.46. The number of nitrogens with two attached hydrogens (primary N) is 2. The Morgan fingerprint density at radius 2 is 1.33 bits per heavy atom. The van der Waals surface area contributed by atoms with Crippen molar-refractivity contribution in [3.63, 3.8) is 0 Å². The average molecular weight is 600 g/mol. The van der Waals surface area contributed by atoms with Crippen molar-refractivity contribution in [3.8, 4) is 0 Å². The van der Waals surface area contributed by atoms with Crippen molar-refractivity contribution in [2.75, 3.05) is 25.1 Å². The molecule has 242 valence electrons. The van der Waals surface area contributed by atoms with Gasteiger partial charge in [-0.2, -0.15) is 0 Å². The highest BCUT2D eigenvalue weighted by atomic mass is 16.5. The van der Waals surface area contributed by atoms with E-state index in [4.69, 9.17) is 16.2 Å². The van der Waals surface area contributed by atoms with E-state index in [1.54, 1.807) is 38.0 Å². The van der Waals surface area contributed by atoms with Gasteiger partial charge in [0.1, 0.15) is 0 Å². The van der Waals surface area contributed by atoms with E-state index in [0.29, 0.717) is 46.9 Å². The molecule has 2 rings (SSSR count). The first-order valence-corrected chi connectivity index (χ1v) is 16.4. The van der Waals surface area contributed by atoms with E-state index in [2.05, 4.69) is 6.92 Å². The quantitative estimate of drug-likeness (QED) is 0.0879. The highest BCUT2D eigenvalue weighted by Crippen LogP contribution is 2.51. The molecule has 1 aromatic carbocycles. The minimum Gasteiger partial charge on any atom is -0.478 e. The van der Waals surface area contributed by atoms with Crippen LogP contribution in [0.4, 0.5) is 11.4 Å². The number of carbonyl (C=O) groups is 2. The second-order valence-corrected chi connectivity index (χ2v) is 12.1. The van der Waals surface area contributed by atoms with Crippen LogP contribution < -0.4 is 11.5 Å². The van der Waals surface area contributed by atoms with Crippen LogP contribution in [0.25, 0.3) is 0 Å². The molecule has 1 aromatic rings. The summed E-state index contributed by atoms with van der Waals surface area (Å²) in [6, 6.07) is 3.39. The molecule has 8 heteroatoms. The molecule has 1 aliphatic heterocycles. The number of allylic oxidation sites excluding steroid dienone is 2. The number of hydrogen-bond donors (Lipinski definition) is 4. The van der Waals surface area contributed by atoms with Crippen molar-refractivity contribution in [3.05, 3.63) is 45.8 Å². The van der Waals surface area contributed by atoms with Crippen LogP contribution in [0.1, 0.15) is 129 Å². The summed E-state index contributed by atoms with van der Waals surface area (Å²) in [7, 11) is 1.69. The SMILES string of the molecule is CCCCCCCCCCCCCC(Cc1c(N)cc(N)cc1C1(CC)C(C(=O)O)=C(C)N(CC)C(C)=C1C(=O)O)OC. The Morgan fingerprint density at radius 3 is 1.74 bits per heavy atom. The fraction of sp³-hybridized carbons (Fsp3) is 0.657. The molecule has 0 saturated carbocycles. The van der Waals surface area contributed by atoms with Gasteiger partial charge in [0.2, 0.25) is 0 Å². The van der Waals surface area contributed by atoms with Crippen LogP contribution in [0.15, 0.2) is 34.7 Å². The first kappa shape index (κ1) is 36.2. The maximum atomic E-state index is 12.9. The van der Waals surface area contributed by atoms with Crippen LogP contribution in [-0.2, 0) is 26.2 Å². The summed E-state index contributed by atoms with van der Waals surface area (Å²) in [5.74, 6) is -2.31. The monoisotopic (exact) mass is 599 g/mol. The Morgan fingerprint density at radius 1 is 0.837 bits per heavy atom. The number of anilines is 2. The first-order valence-electron chi connectivity index (χ1n) is 16.4. The number of ether oxygens (including phenoxy) is 1. The maximum absolute atomic E-state index is 12.9. The third-order valence-corrected chi connectivity index (χ3v) is 9.32. The van der Waals surface area contributed by atoms with Gasteiger partial charge in [0.25, 0.3) is 0 Å². The molecule has 1 atom stereocenters. The van der Waals surface area contributed by atoms with Gasteiger partial charge in [-0.25, -0.2) is 9.59 Å². The van der Waals surface area contributed by atoms with E-state index >= 15 is 0 Å². The number of nitrogen functional groups attached to an aromatic ring is 2. The van der Waals surface area contributed by atoms with Crippen molar-refractivity contribution in [1.29, 1.82) is 0 Å². The van der Waals surface area contributed by atoms with E-state index < -0.39 is 17.4 Å². The molecule has 43 heavy (non-hydrogen) atoms. The highest BCUT2D eigenvalue weighted by molar-refractivity contribution is 6.01. The molecule has 0 bridgehead atoms. The summed E-state index contributed by atoms with van der Waals surface area (Å²) < 4.78 is 5.91. The van der Waals surface area contributed by atoms with Gasteiger partial charge in [-0.1, -0.05) is 84.5 Å². The normalized spacial score (nSPS) is 15.7. The zero-order chi connectivity index (χ0) is 32.2. The number of benzene rings is 1. The third-order valence-electron chi connectivity index (χ3n) is 9.32. The topological polar surface area (TPSA) is 139 Å². The molecule has 0 amide bonds. The number of hydrogen-bond acceptors (Lipinski definition) is 6. The molecule has 0 aliphatic carbocycles. The van der Waals surface area contributed by atoms with Crippen LogP contribution >= 0.6 is 0 Å². The first-order chi connectivity index (χ1) is 20.5. The largest absolute Gasteiger partial charge is 0.478 e. The fourth-order valence-corrected chi connectivity index (χ4v) is 7.12. The summed E-state index contributed by atoms with van der Waals surface area (Å²) in [4.78, 5) is 27.7. The molecule has 0 fully saturated rings. The predicted molar refractivity (Wildman–Crippen MR) is 176 cm³/mol. The van der Waals surface area contributed by atoms with E-state index in [9.17, 15) is 19.8 Å². The van der Waals surface area contributed by atoms with Crippen LogP contribution in [0.3, 0.4) is 0 Å². The van der Waals surface area contributed by atoms with E-state index in [-0.39, 0.29) is 23.7 Å². The summed E-state index contributed by atoms with van der Waals surface area (Å²) in [6.45, 7) is 9.90. The molecule has 0 saturated heterocycles. The van der Waals surface area contributed by atoms with Gasteiger partial charge >= 0.3 is 11.9 Å². The highest BCUT2D eigenvalue weighted by Gasteiger charge is 2.51. The molecule has 0 spiro atoms. The van der Waals surface area contributed by atoms with Crippen LogP contribution in [0.5, 0.6) is 0 Å². The van der Waals surface area contributed by atoms with Gasteiger partial charge < -0.3 is 31.3 Å². The Balaban J connectivity index is 2.35. The van der Waals surface area contributed by atoms with Gasteiger partial charge in [0.05, 0.1) is 22.7 Å². The Kier molecular flexibility index (Phi) is 14.6. The van der Waals surface area contributed by atoms with Crippen LogP contribution in [0, 0.1) is 0 Å². The van der Waals surface area contributed by atoms with E-state index in [0.717, 1.165) is 19.3 Å². The van der Waals surface area contributed by atoms with Gasteiger partial charge in [0, 0.05) is 42.8 Å². The molecule has 1 aliphatic rings. The second-order valence-electron chi connectivity index (χ2n) is 12.1. The van der Waals surface area contributed by atoms with Gasteiger partial charge in [-0.15, -0.1) is 0 Å². The Bertz CT molecular complexity index is 1120. The number of carboxylic acids is 2. The lowest BCUT2D eigenvalue weighted by atomic mass is 9.62. The molecule has 6 N–H and O–H groups in total. The zero-order valence-corrected chi connectivity index (χ0v) is 27.6. The van der Waals surface area contributed by atoms with Gasteiger partial charge in [-0.05, 0) is 56.9 Å². The number of unbranched alkanes of at least 4 members (excludes halogenated alkanes) is 10. The second kappa shape index (κ2) is 17.3. The van der Waals surface area contributed by atoms with Crippen LogP contribution in [-0.4, -0.2) is 46.8 Å². The Labute approximate surface area is 259 Å². The summed E-state index contributed by atoms with van der Waals surface area (Å²) in [6.07, 6.45) is 15.2. The predicted octanol–water partition coefficient (Wildman–Crippen LogP) is 7.81. The number of rotatable bonds is 20. The molecule has 1 heterocycles. The van der Waals surface area contributed by atoms with Gasteiger partial charge in [-0.3, -0.25) is 0 Å². The minimum absolute atomic E-state index is 0.0467. The third kappa shape index (κ3) is 8.55. The number of methoxy groups -OCH3 is 1. The summed E-state index contributed by atoms with van der Waals surface area (Å²) in [5, 5.41) is 21.2. The lowest BCUT2D eigenvalue weighted by Gasteiger charge is -2.45. The molecule has 0 aromatic heterocycles. The molecule has 8 nitrogen and oxygen atoms in total. The Hall–Kier alpha value is -3.00. The maximum Gasteiger partial charge on any atom is 0.334 e. The van der Waals surface area contributed by atoms with E-state index in [1.165, 1.54) is 57.8 Å². The molecular formula is C35H57N3O5. The van der Waals surface area contributed by atoms with Crippen LogP contribution in [0.2, 0.25) is 0 Å². The smallest absolute Gasteiger partial charge is 0.334 e. The molecule has 1 unspecified atom stereocenters.